The van der Waals surface area contributed by atoms with Crippen molar-refractivity contribution >= 4 is 23.4 Å². The Morgan fingerprint density at radius 3 is 2.45 bits per heavy atom. The lowest BCUT2D eigenvalue weighted by Crippen LogP contribution is -2.46. The summed E-state index contributed by atoms with van der Waals surface area (Å²) in [6, 6.07) is 2.18. The van der Waals surface area contributed by atoms with Crippen molar-refractivity contribution in [3.8, 4) is 0 Å². The summed E-state index contributed by atoms with van der Waals surface area (Å²) in [5, 5.41) is 2.44. The van der Waals surface area contributed by atoms with Crippen LogP contribution in [0.5, 0.6) is 0 Å². The fraction of sp³-hybridized carbons (Fsp3) is 0.500. The largest absolute Gasteiger partial charge is 0.383 e. The number of benzene rings is 1. The van der Waals surface area contributed by atoms with Crippen LogP contribution in [0.1, 0.15) is 24.2 Å². The SMILES string of the molecule is CNc1c(F)cc(C(=O)N2CCSC(C)(C)C2)cc1F. The van der Waals surface area contributed by atoms with Crippen molar-refractivity contribution in [1.82, 2.24) is 4.90 Å². The molecule has 0 atom stereocenters. The third-order valence-corrected chi connectivity index (χ3v) is 4.55. The van der Waals surface area contributed by atoms with Crippen molar-refractivity contribution in [2.24, 2.45) is 0 Å². The number of halogens is 2. The molecule has 20 heavy (non-hydrogen) atoms. The average molecular weight is 300 g/mol. The normalized spacial score (nSPS) is 17.9. The molecule has 2 rings (SSSR count). The maximum Gasteiger partial charge on any atom is 0.254 e. The number of nitrogens with zero attached hydrogens (tertiary/aromatic N) is 1. The first kappa shape index (κ1) is 15.1. The number of thioether (sulfide) groups is 1. The van der Waals surface area contributed by atoms with Crippen LogP contribution < -0.4 is 5.32 Å². The lowest BCUT2D eigenvalue weighted by Gasteiger charge is -2.37. The van der Waals surface area contributed by atoms with E-state index in [-0.39, 0.29) is 21.9 Å². The minimum absolute atomic E-state index is 0.0318. The predicted molar refractivity (Wildman–Crippen MR) is 78.3 cm³/mol. The molecule has 0 saturated carbocycles. The molecule has 3 nitrogen and oxygen atoms in total. The summed E-state index contributed by atoms with van der Waals surface area (Å²) >= 11 is 1.80. The topological polar surface area (TPSA) is 32.3 Å². The number of hydrogen-bond donors (Lipinski definition) is 1. The Morgan fingerprint density at radius 1 is 1.35 bits per heavy atom. The Hall–Kier alpha value is -1.30. The Kier molecular flexibility index (Phi) is 4.22. The van der Waals surface area contributed by atoms with Crippen LogP contribution in [-0.4, -0.2) is 41.4 Å². The van der Waals surface area contributed by atoms with Crippen molar-refractivity contribution in [1.29, 1.82) is 0 Å². The van der Waals surface area contributed by atoms with Gasteiger partial charge in [0.25, 0.3) is 5.91 Å². The van der Waals surface area contributed by atoms with E-state index in [0.717, 1.165) is 17.9 Å². The molecule has 1 aromatic rings. The van der Waals surface area contributed by atoms with E-state index in [0.29, 0.717) is 13.1 Å². The van der Waals surface area contributed by atoms with E-state index in [1.165, 1.54) is 7.05 Å². The van der Waals surface area contributed by atoms with Gasteiger partial charge in [-0.25, -0.2) is 8.78 Å². The van der Waals surface area contributed by atoms with Gasteiger partial charge in [-0.2, -0.15) is 11.8 Å². The molecular weight excluding hydrogens is 282 g/mol. The van der Waals surface area contributed by atoms with Crippen molar-refractivity contribution < 1.29 is 13.6 Å². The summed E-state index contributed by atoms with van der Waals surface area (Å²) in [4.78, 5) is 14.0. The van der Waals surface area contributed by atoms with E-state index >= 15 is 0 Å². The van der Waals surface area contributed by atoms with Gasteiger partial charge >= 0.3 is 0 Å². The van der Waals surface area contributed by atoms with Gasteiger partial charge in [-0.05, 0) is 26.0 Å². The van der Waals surface area contributed by atoms with Crippen LogP contribution in [0.15, 0.2) is 12.1 Å². The molecule has 0 aromatic heterocycles. The van der Waals surface area contributed by atoms with Gasteiger partial charge in [0, 0.05) is 36.2 Å². The number of rotatable bonds is 2. The van der Waals surface area contributed by atoms with Crippen molar-refractivity contribution in [3.63, 3.8) is 0 Å². The summed E-state index contributed by atoms with van der Waals surface area (Å²) in [5.41, 5.74) is -0.155. The van der Waals surface area contributed by atoms with Gasteiger partial charge in [0.15, 0.2) is 0 Å². The quantitative estimate of drug-likeness (QED) is 0.911. The van der Waals surface area contributed by atoms with Gasteiger partial charge in [-0.3, -0.25) is 4.79 Å². The van der Waals surface area contributed by atoms with Crippen LogP contribution in [0.3, 0.4) is 0 Å². The third kappa shape index (κ3) is 3.06. The molecule has 0 bridgehead atoms. The lowest BCUT2D eigenvalue weighted by atomic mass is 10.1. The molecule has 1 amide bonds. The minimum Gasteiger partial charge on any atom is -0.383 e. The van der Waals surface area contributed by atoms with Gasteiger partial charge < -0.3 is 10.2 Å². The standard InChI is InChI=1S/C14H18F2N2OS/c1-14(2)8-18(4-5-20-14)13(19)9-6-10(15)12(17-3)11(16)7-9/h6-7,17H,4-5,8H2,1-3H3. The molecule has 0 unspecified atom stereocenters. The highest BCUT2D eigenvalue weighted by molar-refractivity contribution is 8.00. The van der Waals surface area contributed by atoms with E-state index in [4.69, 9.17) is 0 Å². The minimum atomic E-state index is -0.749. The van der Waals surface area contributed by atoms with Gasteiger partial charge in [0.05, 0.1) is 0 Å². The number of carbonyl (C=O) groups is 1. The maximum atomic E-state index is 13.7. The third-order valence-electron chi connectivity index (χ3n) is 3.25. The van der Waals surface area contributed by atoms with Crippen LogP contribution in [0.2, 0.25) is 0 Å². The molecule has 1 aliphatic heterocycles. The summed E-state index contributed by atoms with van der Waals surface area (Å²) in [5.74, 6) is -0.986. The molecule has 1 N–H and O–H groups in total. The fourth-order valence-corrected chi connectivity index (χ4v) is 3.42. The van der Waals surface area contributed by atoms with Crippen LogP contribution in [-0.2, 0) is 0 Å². The molecule has 110 valence electrons. The molecule has 0 radical (unpaired) electrons. The van der Waals surface area contributed by atoms with Crippen LogP contribution in [0.25, 0.3) is 0 Å². The zero-order valence-electron chi connectivity index (χ0n) is 11.8. The van der Waals surface area contributed by atoms with E-state index in [9.17, 15) is 13.6 Å². The zero-order chi connectivity index (χ0) is 14.9. The Morgan fingerprint density at radius 2 is 1.95 bits per heavy atom. The van der Waals surface area contributed by atoms with Gasteiger partial charge in [0.2, 0.25) is 0 Å². The molecule has 6 heteroatoms. The first-order valence-corrected chi connectivity index (χ1v) is 7.42. The van der Waals surface area contributed by atoms with Crippen molar-refractivity contribution in [2.45, 2.75) is 18.6 Å². The Labute approximate surface area is 121 Å². The second kappa shape index (κ2) is 5.60. The molecule has 1 saturated heterocycles. The predicted octanol–water partition coefficient (Wildman–Crippen LogP) is 2.97. The first-order valence-electron chi connectivity index (χ1n) is 6.44. The highest BCUT2D eigenvalue weighted by Gasteiger charge is 2.30. The van der Waals surface area contributed by atoms with Gasteiger partial charge in [-0.15, -0.1) is 0 Å². The molecule has 1 aliphatic rings. The molecule has 1 heterocycles. The summed E-state index contributed by atoms with van der Waals surface area (Å²) in [7, 11) is 1.44. The van der Waals surface area contributed by atoms with Gasteiger partial charge in [-0.1, -0.05) is 0 Å². The van der Waals surface area contributed by atoms with E-state index < -0.39 is 11.6 Å². The maximum absolute atomic E-state index is 13.7. The number of amides is 1. The van der Waals surface area contributed by atoms with Crippen LogP contribution in [0, 0.1) is 11.6 Å². The van der Waals surface area contributed by atoms with Crippen molar-refractivity contribution in [3.05, 3.63) is 29.3 Å². The second-order valence-electron chi connectivity index (χ2n) is 5.40. The smallest absolute Gasteiger partial charge is 0.254 e. The van der Waals surface area contributed by atoms with E-state index in [1.54, 1.807) is 16.7 Å². The second-order valence-corrected chi connectivity index (χ2v) is 7.20. The first-order chi connectivity index (χ1) is 9.34. The number of hydrogen-bond acceptors (Lipinski definition) is 3. The molecule has 1 aromatic carbocycles. The summed E-state index contributed by atoms with van der Waals surface area (Å²) in [6.07, 6.45) is 0. The van der Waals surface area contributed by atoms with Gasteiger partial charge in [0.1, 0.15) is 17.3 Å². The zero-order valence-corrected chi connectivity index (χ0v) is 12.6. The van der Waals surface area contributed by atoms with E-state index in [2.05, 4.69) is 19.2 Å². The summed E-state index contributed by atoms with van der Waals surface area (Å²) < 4.78 is 27.4. The lowest BCUT2D eigenvalue weighted by molar-refractivity contribution is 0.0747. The average Bonchev–Trinajstić information content (AvgIpc) is 2.36. The highest BCUT2D eigenvalue weighted by Crippen LogP contribution is 2.30. The van der Waals surface area contributed by atoms with Crippen LogP contribution >= 0.6 is 11.8 Å². The van der Waals surface area contributed by atoms with Crippen molar-refractivity contribution in [2.75, 3.05) is 31.2 Å². The number of anilines is 1. The molecule has 0 aliphatic carbocycles. The summed E-state index contributed by atoms with van der Waals surface area (Å²) in [6.45, 7) is 5.29. The Balaban J connectivity index is 2.25. The molecule has 0 spiro atoms. The fourth-order valence-electron chi connectivity index (χ4n) is 2.31. The van der Waals surface area contributed by atoms with Crippen LogP contribution in [0.4, 0.5) is 14.5 Å². The number of carbonyl (C=O) groups excluding carboxylic acids is 1. The highest BCUT2D eigenvalue weighted by atomic mass is 32.2. The number of nitrogens with one attached hydrogen (secondary N) is 1. The van der Waals surface area contributed by atoms with E-state index in [1.807, 2.05) is 0 Å². The monoisotopic (exact) mass is 300 g/mol. The molecule has 1 fully saturated rings. The molecular formula is C14H18F2N2OS. The Bertz CT molecular complexity index is 511.